The largest absolute Gasteiger partial charge is 0.352 e. The van der Waals surface area contributed by atoms with Crippen LogP contribution in [0.1, 0.15) is 43.1 Å². The molecule has 6 heteroatoms. The predicted molar refractivity (Wildman–Crippen MR) is 102 cm³/mol. The van der Waals surface area contributed by atoms with Crippen molar-refractivity contribution in [3.63, 3.8) is 0 Å². The highest BCUT2D eigenvalue weighted by atomic mass is 16.1. The summed E-state index contributed by atoms with van der Waals surface area (Å²) in [6.07, 6.45) is 4.83. The van der Waals surface area contributed by atoms with Crippen molar-refractivity contribution in [2.24, 2.45) is 11.8 Å². The number of aryl methyl sites for hydroxylation is 2. The van der Waals surface area contributed by atoms with Crippen LogP contribution in [-0.4, -0.2) is 33.8 Å². The normalized spacial score (nSPS) is 18.5. The van der Waals surface area contributed by atoms with Gasteiger partial charge in [0.25, 0.3) is 0 Å². The maximum absolute atomic E-state index is 12.2. The lowest BCUT2D eigenvalue weighted by Crippen LogP contribution is -2.35. The van der Waals surface area contributed by atoms with Gasteiger partial charge in [0.2, 0.25) is 5.91 Å². The van der Waals surface area contributed by atoms with E-state index in [1.807, 2.05) is 36.7 Å². The van der Waals surface area contributed by atoms with Crippen molar-refractivity contribution in [1.29, 1.82) is 0 Å². The van der Waals surface area contributed by atoms with Gasteiger partial charge in [0, 0.05) is 24.9 Å². The zero-order valence-electron chi connectivity index (χ0n) is 16.0. The molecule has 0 aliphatic carbocycles. The van der Waals surface area contributed by atoms with Crippen LogP contribution in [0, 0.1) is 25.7 Å². The van der Waals surface area contributed by atoms with E-state index < -0.39 is 0 Å². The molecule has 2 aromatic rings. The van der Waals surface area contributed by atoms with Gasteiger partial charge in [-0.25, -0.2) is 9.67 Å². The van der Waals surface area contributed by atoms with Crippen molar-refractivity contribution in [1.82, 2.24) is 25.4 Å². The quantitative estimate of drug-likeness (QED) is 0.835. The number of nitrogens with one attached hydrogen (secondary N) is 2. The number of nitrogens with zero attached hydrogens (tertiary/aromatic N) is 3. The summed E-state index contributed by atoms with van der Waals surface area (Å²) in [7, 11) is 0. The fourth-order valence-electron chi connectivity index (χ4n) is 3.60. The standard InChI is InChI=1S/C20H29N5O/c1-14(18-5-4-8-21-13-18)9-20(26)23-12-17-6-7-19(22-11-17)25-16(3)10-15(2)24-25/h6-7,10-11,14,18,21H,4-5,8-9,12-13H2,1-3H3,(H,23,26). The van der Waals surface area contributed by atoms with Gasteiger partial charge in [-0.15, -0.1) is 0 Å². The summed E-state index contributed by atoms with van der Waals surface area (Å²) in [6, 6.07) is 5.96. The zero-order chi connectivity index (χ0) is 18.5. The van der Waals surface area contributed by atoms with Crippen LogP contribution in [0.5, 0.6) is 0 Å². The van der Waals surface area contributed by atoms with E-state index in [0.29, 0.717) is 24.8 Å². The van der Waals surface area contributed by atoms with Crippen molar-refractivity contribution < 1.29 is 4.79 Å². The second kappa shape index (κ2) is 8.45. The molecule has 0 radical (unpaired) electrons. The number of aromatic nitrogens is 3. The van der Waals surface area contributed by atoms with Crippen molar-refractivity contribution in [2.75, 3.05) is 13.1 Å². The average Bonchev–Trinajstić information content (AvgIpc) is 2.99. The third kappa shape index (κ3) is 4.69. The summed E-state index contributed by atoms with van der Waals surface area (Å²) in [5.41, 5.74) is 3.03. The molecule has 1 fully saturated rings. The molecule has 1 aliphatic rings. The van der Waals surface area contributed by atoms with Crippen LogP contribution in [0.4, 0.5) is 0 Å². The fraction of sp³-hybridized carbons (Fsp3) is 0.550. The van der Waals surface area contributed by atoms with Gasteiger partial charge in [-0.3, -0.25) is 4.79 Å². The predicted octanol–water partition coefficient (Wildman–Crippen LogP) is 2.53. The number of piperidine rings is 1. The molecule has 0 aromatic carbocycles. The van der Waals surface area contributed by atoms with Gasteiger partial charge in [-0.2, -0.15) is 5.10 Å². The van der Waals surface area contributed by atoms with Crippen LogP contribution < -0.4 is 10.6 Å². The minimum absolute atomic E-state index is 0.116. The molecule has 140 valence electrons. The Labute approximate surface area is 155 Å². The molecule has 0 bridgehead atoms. The Morgan fingerprint density at radius 1 is 1.42 bits per heavy atom. The SMILES string of the molecule is Cc1cc(C)n(-c2ccc(CNC(=O)CC(C)C3CCCNC3)cn2)n1. The van der Waals surface area contributed by atoms with Gasteiger partial charge in [0.1, 0.15) is 0 Å². The molecule has 2 aromatic heterocycles. The Bertz CT molecular complexity index is 731. The maximum Gasteiger partial charge on any atom is 0.220 e. The Morgan fingerprint density at radius 3 is 2.88 bits per heavy atom. The molecular formula is C20H29N5O. The Hall–Kier alpha value is -2.21. The molecule has 3 rings (SSSR count). The molecular weight excluding hydrogens is 326 g/mol. The average molecular weight is 355 g/mol. The van der Waals surface area contributed by atoms with Crippen molar-refractivity contribution in [3.8, 4) is 5.82 Å². The number of hydrogen-bond donors (Lipinski definition) is 2. The Balaban J connectivity index is 1.50. The molecule has 0 saturated carbocycles. The summed E-state index contributed by atoms with van der Waals surface area (Å²) < 4.78 is 1.83. The first kappa shape index (κ1) is 18.6. The highest BCUT2D eigenvalue weighted by Crippen LogP contribution is 2.22. The lowest BCUT2D eigenvalue weighted by molar-refractivity contribution is -0.122. The van der Waals surface area contributed by atoms with Crippen LogP contribution in [0.15, 0.2) is 24.4 Å². The molecule has 2 unspecified atom stereocenters. The fourth-order valence-corrected chi connectivity index (χ4v) is 3.60. The summed E-state index contributed by atoms with van der Waals surface area (Å²) in [5.74, 6) is 1.93. The van der Waals surface area contributed by atoms with Crippen LogP contribution in [-0.2, 0) is 11.3 Å². The first-order chi connectivity index (χ1) is 12.5. The first-order valence-electron chi connectivity index (χ1n) is 9.49. The molecule has 2 N–H and O–H groups in total. The third-order valence-electron chi connectivity index (χ3n) is 5.17. The lowest BCUT2D eigenvalue weighted by Gasteiger charge is -2.28. The van der Waals surface area contributed by atoms with E-state index in [2.05, 4.69) is 27.6 Å². The van der Waals surface area contributed by atoms with E-state index in [-0.39, 0.29) is 5.91 Å². The molecule has 0 spiro atoms. The molecule has 3 heterocycles. The molecule has 6 nitrogen and oxygen atoms in total. The topological polar surface area (TPSA) is 71.8 Å². The summed E-state index contributed by atoms with van der Waals surface area (Å²) >= 11 is 0. The number of carbonyl (C=O) groups excluding carboxylic acids is 1. The van der Waals surface area contributed by atoms with Crippen molar-refractivity contribution >= 4 is 5.91 Å². The highest BCUT2D eigenvalue weighted by molar-refractivity contribution is 5.76. The monoisotopic (exact) mass is 355 g/mol. The van der Waals surface area contributed by atoms with Crippen LogP contribution in [0.25, 0.3) is 5.82 Å². The van der Waals surface area contributed by atoms with E-state index in [4.69, 9.17) is 0 Å². The number of rotatable bonds is 6. The van der Waals surface area contributed by atoms with Crippen LogP contribution >= 0.6 is 0 Å². The van der Waals surface area contributed by atoms with Crippen LogP contribution in [0.3, 0.4) is 0 Å². The van der Waals surface area contributed by atoms with E-state index in [9.17, 15) is 4.79 Å². The van der Waals surface area contributed by atoms with E-state index >= 15 is 0 Å². The molecule has 1 saturated heterocycles. The summed E-state index contributed by atoms with van der Waals surface area (Å²) in [4.78, 5) is 16.7. The second-order valence-electron chi connectivity index (χ2n) is 7.43. The van der Waals surface area contributed by atoms with Crippen molar-refractivity contribution in [2.45, 2.75) is 46.6 Å². The molecule has 1 aliphatic heterocycles. The van der Waals surface area contributed by atoms with Gasteiger partial charge >= 0.3 is 0 Å². The summed E-state index contributed by atoms with van der Waals surface area (Å²) in [6.45, 7) is 8.82. The zero-order valence-corrected chi connectivity index (χ0v) is 16.0. The Kier molecular flexibility index (Phi) is 6.04. The van der Waals surface area contributed by atoms with Crippen LogP contribution in [0.2, 0.25) is 0 Å². The second-order valence-corrected chi connectivity index (χ2v) is 7.43. The van der Waals surface area contributed by atoms with Gasteiger partial charge < -0.3 is 10.6 Å². The lowest BCUT2D eigenvalue weighted by atomic mass is 9.85. The molecule has 2 atom stereocenters. The van der Waals surface area contributed by atoms with Gasteiger partial charge in [-0.1, -0.05) is 13.0 Å². The maximum atomic E-state index is 12.2. The summed E-state index contributed by atoms with van der Waals surface area (Å²) in [5, 5.41) is 10.9. The first-order valence-corrected chi connectivity index (χ1v) is 9.49. The minimum Gasteiger partial charge on any atom is -0.352 e. The smallest absolute Gasteiger partial charge is 0.220 e. The van der Waals surface area contributed by atoms with E-state index in [1.165, 1.54) is 12.8 Å². The number of amides is 1. The van der Waals surface area contributed by atoms with Gasteiger partial charge in [-0.05, 0) is 69.3 Å². The number of pyridine rings is 1. The van der Waals surface area contributed by atoms with E-state index in [1.54, 1.807) is 6.20 Å². The van der Waals surface area contributed by atoms with E-state index in [0.717, 1.165) is 35.9 Å². The number of carbonyl (C=O) groups is 1. The van der Waals surface area contributed by atoms with Crippen molar-refractivity contribution in [3.05, 3.63) is 41.3 Å². The third-order valence-corrected chi connectivity index (χ3v) is 5.17. The van der Waals surface area contributed by atoms with Gasteiger partial charge in [0.15, 0.2) is 5.82 Å². The highest BCUT2D eigenvalue weighted by Gasteiger charge is 2.21. The van der Waals surface area contributed by atoms with Gasteiger partial charge in [0.05, 0.1) is 5.69 Å². The minimum atomic E-state index is 0.116. The Morgan fingerprint density at radius 2 is 2.27 bits per heavy atom. The molecule has 26 heavy (non-hydrogen) atoms. The molecule has 1 amide bonds. The number of hydrogen-bond acceptors (Lipinski definition) is 4.